The first-order valence-electron chi connectivity index (χ1n) is 6.44. The number of ether oxygens (including phenoxy) is 1. The van der Waals surface area contributed by atoms with Crippen molar-refractivity contribution < 1.29 is 33.6 Å². The fourth-order valence-electron chi connectivity index (χ4n) is 1.93. The molecule has 0 saturated carbocycles. The van der Waals surface area contributed by atoms with Crippen molar-refractivity contribution in [1.29, 1.82) is 0 Å². The first-order valence-corrected chi connectivity index (χ1v) is 8.69. The summed E-state index contributed by atoms with van der Waals surface area (Å²) < 4.78 is 37.9. The van der Waals surface area contributed by atoms with Crippen LogP contribution in [0.1, 0.15) is 5.56 Å². The van der Waals surface area contributed by atoms with E-state index < -0.39 is 10.2 Å². The molecule has 1 aliphatic heterocycles. The lowest BCUT2D eigenvalue weighted by Gasteiger charge is -2.15. The van der Waals surface area contributed by atoms with Gasteiger partial charge in [0, 0.05) is 10.6 Å². The fraction of sp³-hybridized carbons (Fsp3) is 0.133. The van der Waals surface area contributed by atoms with Crippen molar-refractivity contribution in [3.63, 3.8) is 0 Å². The van der Waals surface area contributed by atoms with Gasteiger partial charge >= 0.3 is 0 Å². The van der Waals surface area contributed by atoms with Gasteiger partial charge in [-0.25, -0.2) is 0 Å². The molecule has 0 unspecified atom stereocenters. The lowest BCUT2D eigenvalue weighted by molar-refractivity contribution is -1.92. The second kappa shape index (κ2) is 7.78. The van der Waals surface area contributed by atoms with Crippen molar-refractivity contribution in [2.24, 2.45) is 4.99 Å². The van der Waals surface area contributed by atoms with E-state index in [9.17, 15) is 0 Å². The molecule has 2 aromatic rings. The minimum absolute atomic E-state index is 0.878. The standard InChI is InChI=1S/C15H13NOS.ClHO4/c1-17-12-8-6-11(7-9-12)14-10-18-15-5-3-2-4-13(15)16-14;2-1(3,4)5/h2-9H,10H2,1H3;(H,2,3,4,5). The topological polar surface area (TPSA) is 111 Å². The van der Waals surface area contributed by atoms with E-state index >= 15 is 0 Å². The predicted octanol–water partition coefficient (Wildman–Crippen LogP) is -0.202. The Kier molecular flexibility index (Phi) is 6.00. The SMILES string of the molecule is COc1ccc(C2=Nc3ccccc3SC2)cc1.[O-][Cl+3]([O-])([O-])O. The minimum atomic E-state index is -4.69. The van der Waals surface area contributed by atoms with E-state index in [1.807, 2.05) is 30.0 Å². The molecule has 0 aliphatic carbocycles. The number of thioether (sulfide) groups is 1. The summed E-state index contributed by atoms with van der Waals surface area (Å²) in [5, 5.41) is 0. The molecule has 1 N–H and O–H groups in total. The second-order valence-electron chi connectivity index (χ2n) is 4.44. The Bertz CT molecular complexity index is 679. The Hall–Kier alpha value is -1.61. The van der Waals surface area contributed by atoms with Crippen LogP contribution >= 0.6 is 11.8 Å². The fourth-order valence-corrected chi connectivity index (χ4v) is 2.89. The molecule has 8 heteroatoms. The summed E-state index contributed by atoms with van der Waals surface area (Å²) in [6.07, 6.45) is 0. The van der Waals surface area contributed by atoms with Crippen LogP contribution in [0.2, 0.25) is 0 Å². The highest BCUT2D eigenvalue weighted by molar-refractivity contribution is 8.00. The number of para-hydroxylation sites is 1. The highest BCUT2D eigenvalue weighted by atomic mass is 35.7. The zero-order chi connectivity index (χ0) is 16.9. The number of aliphatic imine (C=N–C) groups is 1. The summed E-state index contributed by atoms with van der Waals surface area (Å²) in [4.78, 5) is 5.99. The Morgan fingerprint density at radius 2 is 1.70 bits per heavy atom. The van der Waals surface area contributed by atoms with Crippen LogP contribution in [-0.2, 0) is 0 Å². The number of fused-ring (bicyclic) bond motifs is 1. The van der Waals surface area contributed by atoms with Crippen molar-refractivity contribution >= 4 is 23.2 Å². The maximum atomic E-state index is 8.60. The molecule has 1 heterocycles. The van der Waals surface area contributed by atoms with Gasteiger partial charge in [-0.2, -0.15) is 14.0 Å². The van der Waals surface area contributed by atoms with Crippen molar-refractivity contribution in [3.8, 4) is 5.75 Å². The van der Waals surface area contributed by atoms with Crippen LogP contribution in [0.4, 0.5) is 5.69 Å². The van der Waals surface area contributed by atoms with E-state index in [4.69, 9.17) is 28.4 Å². The van der Waals surface area contributed by atoms with Gasteiger partial charge < -0.3 is 4.74 Å². The number of nitrogens with zero attached hydrogens (tertiary/aromatic N) is 1. The van der Waals surface area contributed by atoms with Gasteiger partial charge in [-0.1, -0.05) is 12.1 Å². The molecule has 0 radical (unpaired) electrons. The number of methoxy groups -OCH3 is 1. The van der Waals surface area contributed by atoms with Gasteiger partial charge in [-0.05, 0) is 42.0 Å². The molecular weight excluding hydrogens is 342 g/mol. The Labute approximate surface area is 139 Å². The highest BCUT2D eigenvalue weighted by Crippen LogP contribution is 2.34. The molecular formula is C15H14ClNO5S. The van der Waals surface area contributed by atoms with Crippen LogP contribution < -0.4 is 18.7 Å². The molecule has 0 saturated heterocycles. The monoisotopic (exact) mass is 355 g/mol. The van der Waals surface area contributed by atoms with E-state index in [1.165, 1.54) is 4.90 Å². The van der Waals surface area contributed by atoms with Crippen LogP contribution in [0.3, 0.4) is 0 Å². The molecule has 0 spiro atoms. The van der Waals surface area contributed by atoms with Crippen LogP contribution in [0.5, 0.6) is 5.75 Å². The quantitative estimate of drug-likeness (QED) is 0.798. The van der Waals surface area contributed by atoms with Crippen molar-refractivity contribution in [2.45, 2.75) is 4.90 Å². The van der Waals surface area contributed by atoms with Crippen LogP contribution in [0.15, 0.2) is 58.4 Å². The molecule has 6 nitrogen and oxygen atoms in total. The predicted molar refractivity (Wildman–Crippen MR) is 78.6 cm³/mol. The minimum Gasteiger partial charge on any atom is -0.497 e. The maximum absolute atomic E-state index is 8.60. The van der Waals surface area contributed by atoms with E-state index in [1.54, 1.807) is 7.11 Å². The number of rotatable bonds is 2. The molecule has 1 aliphatic rings. The molecule has 3 rings (SSSR count). The normalized spacial score (nSPS) is 13.3. The van der Waals surface area contributed by atoms with Crippen LogP contribution in [-0.4, -0.2) is 23.2 Å². The molecule has 122 valence electrons. The Balaban J connectivity index is 0.000000338. The molecule has 0 amide bonds. The van der Waals surface area contributed by atoms with E-state index in [0.29, 0.717) is 0 Å². The average Bonchev–Trinajstić information content (AvgIpc) is 2.53. The number of hydrogen-bond donors (Lipinski definition) is 1. The lowest BCUT2D eigenvalue weighted by atomic mass is 10.1. The largest absolute Gasteiger partial charge is 0.497 e. The summed E-state index contributed by atoms with van der Waals surface area (Å²) in [5.41, 5.74) is 3.36. The van der Waals surface area contributed by atoms with Gasteiger partial charge in [-0.15, -0.1) is 11.8 Å². The third-order valence-electron chi connectivity index (χ3n) is 2.91. The van der Waals surface area contributed by atoms with Gasteiger partial charge in [-0.3, -0.25) is 4.99 Å². The van der Waals surface area contributed by atoms with Gasteiger partial charge in [0.05, 0.1) is 33.4 Å². The van der Waals surface area contributed by atoms with Gasteiger partial charge in [0.2, 0.25) is 0 Å². The van der Waals surface area contributed by atoms with E-state index in [-0.39, 0.29) is 0 Å². The molecule has 2 aromatic carbocycles. The summed E-state index contributed by atoms with van der Waals surface area (Å²) in [6.45, 7) is 0. The highest BCUT2D eigenvalue weighted by Gasteiger charge is 2.13. The first kappa shape index (κ1) is 17.7. The van der Waals surface area contributed by atoms with Crippen molar-refractivity contribution in [1.82, 2.24) is 0 Å². The van der Waals surface area contributed by atoms with Gasteiger partial charge in [0.25, 0.3) is 0 Å². The van der Waals surface area contributed by atoms with Crippen LogP contribution in [0, 0.1) is 10.2 Å². The summed E-state index contributed by atoms with van der Waals surface area (Å²) in [7, 11) is -3.01. The number of hydrogen-bond acceptors (Lipinski definition) is 7. The lowest BCUT2D eigenvalue weighted by Crippen LogP contribution is -2.58. The molecule has 0 bridgehead atoms. The number of benzene rings is 2. The van der Waals surface area contributed by atoms with Crippen molar-refractivity contribution in [2.75, 3.05) is 12.9 Å². The molecule has 0 aromatic heterocycles. The van der Waals surface area contributed by atoms with E-state index in [2.05, 4.69) is 30.3 Å². The van der Waals surface area contributed by atoms with Crippen LogP contribution in [0.25, 0.3) is 0 Å². The Morgan fingerprint density at radius 1 is 1.09 bits per heavy atom. The van der Waals surface area contributed by atoms with E-state index in [0.717, 1.165) is 28.5 Å². The zero-order valence-corrected chi connectivity index (χ0v) is 13.7. The van der Waals surface area contributed by atoms with Crippen molar-refractivity contribution in [3.05, 3.63) is 54.1 Å². The smallest absolute Gasteiger partial charge is 0.118 e. The summed E-state index contributed by atoms with van der Waals surface area (Å²) in [6, 6.07) is 16.3. The average molecular weight is 356 g/mol. The van der Waals surface area contributed by atoms with Gasteiger partial charge in [0.1, 0.15) is 5.75 Å². The number of halogens is 1. The molecule has 23 heavy (non-hydrogen) atoms. The third-order valence-corrected chi connectivity index (χ3v) is 3.98. The third kappa shape index (κ3) is 5.83. The second-order valence-corrected chi connectivity index (χ2v) is 6.25. The first-order chi connectivity index (χ1) is 10.9. The Morgan fingerprint density at radius 3 is 2.30 bits per heavy atom. The zero-order valence-electron chi connectivity index (χ0n) is 12.1. The molecule has 0 fully saturated rings. The molecule has 0 atom stereocenters. The summed E-state index contributed by atoms with van der Waals surface area (Å²) in [5.74, 6) is 1.80. The maximum Gasteiger partial charge on any atom is 0.118 e. The summed E-state index contributed by atoms with van der Waals surface area (Å²) >= 11 is 1.84. The van der Waals surface area contributed by atoms with Gasteiger partial charge in [0.15, 0.2) is 0 Å².